The van der Waals surface area contributed by atoms with Crippen molar-refractivity contribution in [3.8, 4) is 11.4 Å². The van der Waals surface area contributed by atoms with Crippen LogP contribution in [-0.4, -0.2) is 51.9 Å². The molecule has 4 rings (SSSR count). The van der Waals surface area contributed by atoms with E-state index in [0.717, 1.165) is 29.3 Å². The van der Waals surface area contributed by atoms with Gasteiger partial charge in [-0.3, -0.25) is 14.9 Å². The number of furan rings is 1. The van der Waals surface area contributed by atoms with Crippen LogP contribution in [0.15, 0.2) is 40.8 Å². The van der Waals surface area contributed by atoms with Gasteiger partial charge in [0.05, 0.1) is 10.5 Å². The van der Waals surface area contributed by atoms with Crippen molar-refractivity contribution in [1.29, 1.82) is 0 Å². The number of hydrogen-bond acceptors (Lipinski definition) is 7. The minimum absolute atomic E-state index is 0.0116. The number of nitrogens with zero attached hydrogens (tertiary/aromatic N) is 5. The quantitative estimate of drug-likeness (QED) is 0.443. The molecule has 1 aliphatic rings. The summed E-state index contributed by atoms with van der Waals surface area (Å²) < 4.78 is 5.51. The van der Waals surface area contributed by atoms with Gasteiger partial charge in [0.15, 0.2) is 5.82 Å². The zero-order valence-corrected chi connectivity index (χ0v) is 18.4. The number of amides is 1. The minimum atomic E-state index is -0.425. The Labute approximate surface area is 185 Å². The molecule has 166 valence electrons. The van der Waals surface area contributed by atoms with Gasteiger partial charge in [0.2, 0.25) is 0 Å². The molecular formula is C23H25N5O4. The molecule has 0 atom stereocenters. The highest BCUT2D eigenvalue weighted by Gasteiger charge is 2.26. The maximum Gasteiger partial charge on any atom is 0.269 e. The molecule has 1 amide bonds. The molecule has 0 saturated carbocycles. The maximum atomic E-state index is 12.9. The van der Waals surface area contributed by atoms with Crippen molar-refractivity contribution >= 4 is 17.4 Å². The van der Waals surface area contributed by atoms with E-state index in [4.69, 9.17) is 9.40 Å². The van der Waals surface area contributed by atoms with Crippen LogP contribution in [0.1, 0.15) is 34.5 Å². The van der Waals surface area contributed by atoms with Gasteiger partial charge in [0, 0.05) is 55.6 Å². The lowest BCUT2D eigenvalue weighted by Crippen LogP contribution is -2.49. The summed E-state index contributed by atoms with van der Waals surface area (Å²) in [6.07, 6.45) is 0.743. The minimum Gasteiger partial charge on any atom is -0.466 e. The molecule has 0 unspecified atom stereocenters. The summed E-state index contributed by atoms with van der Waals surface area (Å²) in [4.78, 5) is 36.7. The Bertz CT molecular complexity index is 1150. The summed E-state index contributed by atoms with van der Waals surface area (Å²) in [5, 5.41) is 10.9. The Hall–Kier alpha value is -3.75. The number of benzene rings is 1. The van der Waals surface area contributed by atoms with E-state index in [1.807, 2.05) is 31.7 Å². The number of aromatic nitrogens is 2. The van der Waals surface area contributed by atoms with Crippen LogP contribution < -0.4 is 4.90 Å². The second-order valence-electron chi connectivity index (χ2n) is 7.80. The smallest absolute Gasteiger partial charge is 0.269 e. The van der Waals surface area contributed by atoms with Crippen LogP contribution >= 0.6 is 0 Å². The number of non-ortho nitro benzene ring substituents is 1. The standard InChI is InChI=1S/C23H25N5O4/c1-4-18-14-21(25-22(24-18)17-5-7-19(8-6-17)28(30)31)26-9-11-27(12-10-26)23(29)20-13-15(2)32-16(20)3/h5-8,13-14H,4,9-12H2,1-3H3. The average Bonchev–Trinajstić information content (AvgIpc) is 3.16. The van der Waals surface area contributed by atoms with Crippen molar-refractivity contribution < 1.29 is 14.1 Å². The Balaban J connectivity index is 1.52. The van der Waals surface area contributed by atoms with Crippen LogP contribution in [0.2, 0.25) is 0 Å². The predicted molar refractivity (Wildman–Crippen MR) is 120 cm³/mol. The monoisotopic (exact) mass is 435 g/mol. The Morgan fingerprint density at radius 1 is 1.09 bits per heavy atom. The molecule has 0 N–H and O–H groups in total. The number of rotatable bonds is 5. The van der Waals surface area contributed by atoms with Gasteiger partial charge >= 0.3 is 0 Å². The van der Waals surface area contributed by atoms with E-state index in [2.05, 4.69) is 9.88 Å². The van der Waals surface area contributed by atoms with Crippen LogP contribution in [0.3, 0.4) is 0 Å². The van der Waals surface area contributed by atoms with E-state index in [1.165, 1.54) is 12.1 Å². The van der Waals surface area contributed by atoms with Gasteiger partial charge < -0.3 is 14.2 Å². The summed E-state index contributed by atoms with van der Waals surface area (Å²) in [7, 11) is 0. The van der Waals surface area contributed by atoms with Gasteiger partial charge in [0.25, 0.3) is 11.6 Å². The van der Waals surface area contributed by atoms with Crippen molar-refractivity contribution in [1.82, 2.24) is 14.9 Å². The zero-order chi connectivity index (χ0) is 22.8. The van der Waals surface area contributed by atoms with Gasteiger partial charge in [-0.15, -0.1) is 0 Å². The highest BCUT2D eigenvalue weighted by Crippen LogP contribution is 2.24. The first-order valence-corrected chi connectivity index (χ1v) is 10.6. The molecule has 1 saturated heterocycles. The third-order valence-corrected chi connectivity index (χ3v) is 5.63. The van der Waals surface area contributed by atoms with Gasteiger partial charge in [-0.05, 0) is 38.5 Å². The summed E-state index contributed by atoms with van der Waals surface area (Å²) >= 11 is 0. The number of anilines is 1. The first-order valence-electron chi connectivity index (χ1n) is 10.6. The van der Waals surface area contributed by atoms with E-state index >= 15 is 0 Å². The highest BCUT2D eigenvalue weighted by molar-refractivity contribution is 5.95. The lowest BCUT2D eigenvalue weighted by Gasteiger charge is -2.35. The van der Waals surface area contributed by atoms with Crippen LogP contribution in [0, 0.1) is 24.0 Å². The van der Waals surface area contributed by atoms with E-state index < -0.39 is 4.92 Å². The molecular weight excluding hydrogens is 410 g/mol. The molecule has 2 aromatic heterocycles. The number of aryl methyl sites for hydroxylation is 3. The number of carbonyl (C=O) groups is 1. The fraction of sp³-hybridized carbons (Fsp3) is 0.348. The average molecular weight is 435 g/mol. The van der Waals surface area contributed by atoms with Crippen LogP contribution in [-0.2, 0) is 6.42 Å². The molecule has 32 heavy (non-hydrogen) atoms. The Kier molecular flexibility index (Phi) is 5.89. The summed E-state index contributed by atoms with van der Waals surface area (Å²) in [5.41, 5.74) is 2.27. The summed E-state index contributed by atoms with van der Waals surface area (Å²) in [6, 6.07) is 10.0. The van der Waals surface area contributed by atoms with E-state index in [0.29, 0.717) is 43.3 Å². The van der Waals surface area contributed by atoms with Crippen LogP contribution in [0.5, 0.6) is 0 Å². The molecule has 1 fully saturated rings. The molecule has 0 radical (unpaired) electrons. The SMILES string of the molecule is CCc1cc(N2CCN(C(=O)c3cc(C)oc3C)CC2)nc(-c2ccc([N+](=O)[O-])cc2)n1. The first kappa shape index (κ1) is 21.5. The molecule has 0 spiro atoms. The fourth-order valence-electron chi connectivity index (χ4n) is 3.84. The molecule has 3 aromatic rings. The van der Waals surface area contributed by atoms with Crippen LogP contribution in [0.4, 0.5) is 11.5 Å². The predicted octanol–water partition coefficient (Wildman–Crippen LogP) is 3.79. The number of nitro benzene ring substituents is 1. The van der Waals surface area contributed by atoms with Crippen molar-refractivity contribution in [3.63, 3.8) is 0 Å². The van der Waals surface area contributed by atoms with E-state index in [-0.39, 0.29) is 11.6 Å². The van der Waals surface area contributed by atoms with Gasteiger partial charge in [0.1, 0.15) is 17.3 Å². The third-order valence-electron chi connectivity index (χ3n) is 5.63. The molecule has 1 aliphatic heterocycles. The van der Waals surface area contributed by atoms with Gasteiger partial charge in [-0.2, -0.15) is 0 Å². The normalized spacial score (nSPS) is 14.0. The van der Waals surface area contributed by atoms with Gasteiger partial charge in [-0.1, -0.05) is 6.92 Å². The number of piperazine rings is 1. The molecule has 1 aromatic carbocycles. The fourth-order valence-corrected chi connectivity index (χ4v) is 3.84. The second-order valence-corrected chi connectivity index (χ2v) is 7.80. The lowest BCUT2D eigenvalue weighted by molar-refractivity contribution is -0.384. The Morgan fingerprint density at radius 2 is 1.78 bits per heavy atom. The summed E-state index contributed by atoms with van der Waals surface area (Å²) in [6.45, 7) is 8.15. The number of hydrogen-bond donors (Lipinski definition) is 0. The lowest BCUT2D eigenvalue weighted by atomic mass is 10.1. The van der Waals surface area contributed by atoms with Crippen molar-refractivity contribution in [2.75, 3.05) is 31.1 Å². The molecule has 9 nitrogen and oxygen atoms in total. The van der Waals surface area contributed by atoms with Crippen molar-refractivity contribution in [2.45, 2.75) is 27.2 Å². The highest BCUT2D eigenvalue weighted by atomic mass is 16.6. The number of nitro groups is 1. The molecule has 9 heteroatoms. The van der Waals surface area contributed by atoms with E-state index in [1.54, 1.807) is 18.2 Å². The van der Waals surface area contributed by atoms with Crippen LogP contribution in [0.25, 0.3) is 11.4 Å². The van der Waals surface area contributed by atoms with Crippen molar-refractivity contribution in [3.05, 3.63) is 69.3 Å². The third kappa shape index (κ3) is 4.32. The molecule has 0 bridgehead atoms. The number of carbonyl (C=O) groups excluding carboxylic acids is 1. The Morgan fingerprint density at radius 3 is 2.34 bits per heavy atom. The maximum absolute atomic E-state index is 12.9. The van der Waals surface area contributed by atoms with Crippen molar-refractivity contribution in [2.24, 2.45) is 0 Å². The molecule has 3 heterocycles. The summed E-state index contributed by atoms with van der Waals surface area (Å²) in [5.74, 6) is 2.70. The first-order chi connectivity index (χ1) is 15.4. The second kappa shape index (κ2) is 8.78. The van der Waals surface area contributed by atoms with Gasteiger partial charge in [-0.25, -0.2) is 9.97 Å². The zero-order valence-electron chi connectivity index (χ0n) is 18.4. The largest absolute Gasteiger partial charge is 0.466 e. The van der Waals surface area contributed by atoms with E-state index in [9.17, 15) is 14.9 Å². The molecule has 0 aliphatic carbocycles. The topological polar surface area (TPSA) is 106 Å².